The molecule has 1 aromatic carbocycles. The highest BCUT2D eigenvalue weighted by atomic mass is 19.1. The molecule has 0 radical (unpaired) electrons. The van der Waals surface area contributed by atoms with Gasteiger partial charge in [-0.15, -0.1) is 0 Å². The third-order valence-corrected chi connectivity index (χ3v) is 4.07. The highest BCUT2D eigenvalue weighted by molar-refractivity contribution is 5.94. The van der Waals surface area contributed by atoms with Gasteiger partial charge in [-0.2, -0.15) is 0 Å². The molecule has 1 aliphatic heterocycles. The largest absolute Gasteiger partial charge is 0.341 e. The van der Waals surface area contributed by atoms with Crippen LogP contribution in [0.3, 0.4) is 0 Å². The number of halogens is 1. The van der Waals surface area contributed by atoms with Crippen LogP contribution < -0.4 is 0 Å². The Balaban J connectivity index is 0.00000116. The molecule has 0 unspecified atom stereocenters. The molecule has 1 aromatic rings. The number of carbonyl (C=O) groups excluding carboxylic acids is 1. The van der Waals surface area contributed by atoms with Gasteiger partial charge in [0.05, 0.1) is 5.56 Å². The monoisotopic (exact) mass is 308 g/mol. The summed E-state index contributed by atoms with van der Waals surface area (Å²) < 4.78 is 13.8. The number of hydrogen-bond donors (Lipinski definition) is 0. The Hall–Kier alpha value is -1.42. The fraction of sp³-hybridized carbons (Fsp3) is 0.611. The summed E-state index contributed by atoms with van der Waals surface area (Å²) in [4.78, 5) is 16.3. The maximum atomic E-state index is 13.8. The summed E-state index contributed by atoms with van der Waals surface area (Å²) in [6, 6.07) is 4.68. The first-order valence-electron chi connectivity index (χ1n) is 8.17. The molecule has 0 aromatic heterocycles. The van der Waals surface area contributed by atoms with Crippen molar-refractivity contribution in [2.24, 2.45) is 5.92 Å². The second kappa shape index (κ2) is 8.89. The number of nitrogens with zero attached hydrogens (tertiary/aromatic N) is 2. The van der Waals surface area contributed by atoms with Gasteiger partial charge in [0.25, 0.3) is 5.91 Å². The lowest BCUT2D eigenvalue weighted by molar-refractivity contribution is 0.0742. The van der Waals surface area contributed by atoms with E-state index in [4.69, 9.17) is 0 Å². The summed E-state index contributed by atoms with van der Waals surface area (Å²) in [5.41, 5.74) is 1.09. The van der Waals surface area contributed by atoms with Gasteiger partial charge in [-0.05, 0) is 58.0 Å². The van der Waals surface area contributed by atoms with Crippen LogP contribution in [0.5, 0.6) is 0 Å². The first kappa shape index (κ1) is 18.6. The zero-order chi connectivity index (χ0) is 16.7. The summed E-state index contributed by atoms with van der Waals surface area (Å²) in [5.74, 6) is -0.131. The van der Waals surface area contributed by atoms with Crippen molar-refractivity contribution in [3.8, 4) is 0 Å². The normalized spacial score (nSPS) is 15.9. The van der Waals surface area contributed by atoms with Crippen LogP contribution in [0.25, 0.3) is 0 Å². The van der Waals surface area contributed by atoms with Gasteiger partial charge >= 0.3 is 0 Å². The van der Waals surface area contributed by atoms with Crippen molar-refractivity contribution in [2.75, 3.05) is 33.7 Å². The molecular formula is C18H29FN2O. The molecule has 1 fully saturated rings. The lowest BCUT2D eigenvalue weighted by atomic mass is 9.96. The van der Waals surface area contributed by atoms with Crippen LogP contribution >= 0.6 is 0 Å². The Kier molecular flexibility index (Phi) is 7.52. The maximum Gasteiger partial charge on any atom is 0.256 e. The van der Waals surface area contributed by atoms with Crippen LogP contribution in [-0.2, 0) is 0 Å². The highest BCUT2D eigenvalue weighted by Crippen LogP contribution is 2.19. The van der Waals surface area contributed by atoms with E-state index in [0.29, 0.717) is 12.5 Å². The van der Waals surface area contributed by atoms with Crippen molar-refractivity contribution < 1.29 is 9.18 Å². The molecule has 4 heteroatoms. The van der Waals surface area contributed by atoms with Crippen LogP contribution in [0.15, 0.2) is 18.2 Å². The van der Waals surface area contributed by atoms with Crippen molar-refractivity contribution in [2.45, 2.75) is 33.6 Å². The minimum Gasteiger partial charge on any atom is -0.341 e. The van der Waals surface area contributed by atoms with E-state index in [0.717, 1.165) is 31.5 Å². The Morgan fingerprint density at radius 3 is 2.50 bits per heavy atom. The number of aryl methyl sites for hydroxylation is 1. The van der Waals surface area contributed by atoms with Gasteiger partial charge in [0.2, 0.25) is 0 Å². The quantitative estimate of drug-likeness (QED) is 0.852. The lowest BCUT2D eigenvalue weighted by Gasteiger charge is -2.31. The van der Waals surface area contributed by atoms with E-state index in [1.165, 1.54) is 6.07 Å². The van der Waals surface area contributed by atoms with E-state index in [1.807, 2.05) is 20.8 Å². The van der Waals surface area contributed by atoms with Crippen LogP contribution in [0.2, 0.25) is 0 Å². The molecule has 0 N–H and O–H groups in total. The molecule has 1 heterocycles. The summed E-state index contributed by atoms with van der Waals surface area (Å²) in [5, 5.41) is 0. The van der Waals surface area contributed by atoms with E-state index in [1.54, 1.807) is 24.1 Å². The molecule has 124 valence electrons. The Bertz CT molecular complexity index is 482. The molecule has 3 nitrogen and oxygen atoms in total. The number of hydrogen-bond acceptors (Lipinski definition) is 2. The van der Waals surface area contributed by atoms with Crippen molar-refractivity contribution in [3.05, 3.63) is 35.1 Å². The second-order valence-corrected chi connectivity index (χ2v) is 5.92. The first-order chi connectivity index (χ1) is 10.5. The lowest BCUT2D eigenvalue weighted by Crippen LogP contribution is -2.38. The maximum absolute atomic E-state index is 13.8. The van der Waals surface area contributed by atoms with Gasteiger partial charge < -0.3 is 9.80 Å². The second-order valence-electron chi connectivity index (χ2n) is 5.92. The standard InChI is InChI=1S/C16H23FN2O.C2H6/c1-12-4-5-15(17)14(10-12)16(20)19(3)11-13-6-8-18(2)9-7-13;1-2/h4-5,10,13H,6-9,11H2,1-3H3;1-2H3. The van der Waals surface area contributed by atoms with Crippen LogP contribution in [0.4, 0.5) is 4.39 Å². The fourth-order valence-electron chi connectivity index (χ4n) is 2.72. The number of carbonyl (C=O) groups is 1. The molecule has 22 heavy (non-hydrogen) atoms. The third-order valence-electron chi connectivity index (χ3n) is 4.07. The Labute approximate surface area is 134 Å². The number of likely N-dealkylation sites (tertiary alicyclic amines) is 1. The van der Waals surface area contributed by atoms with Crippen molar-refractivity contribution in [3.63, 3.8) is 0 Å². The molecule has 0 atom stereocenters. The molecule has 2 rings (SSSR count). The van der Waals surface area contributed by atoms with Gasteiger partial charge in [-0.3, -0.25) is 4.79 Å². The topological polar surface area (TPSA) is 23.6 Å². The van der Waals surface area contributed by atoms with E-state index < -0.39 is 5.82 Å². The van der Waals surface area contributed by atoms with Crippen molar-refractivity contribution in [1.82, 2.24) is 9.80 Å². The van der Waals surface area contributed by atoms with Gasteiger partial charge in [-0.1, -0.05) is 25.5 Å². The zero-order valence-corrected chi connectivity index (χ0v) is 14.5. The molecule has 0 saturated carbocycles. The van der Waals surface area contributed by atoms with Gasteiger partial charge in [0, 0.05) is 13.6 Å². The zero-order valence-electron chi connectivity index (χ0n) is 14.5. The number of benzene rings is 1. The minimum atomic E-state index is -0.434. The highest BCUT2D eigenvalue weighted by Gasteiger charge is 2.22. The smallest absolute Gasteiger partial charge is 0.256 e. The summed E-state index contributed by atoms with van der Waals surface area (Å²) in [7, 11) is 3.88. The van der Waals surface area contributed by atoms with Crippen molar-refractivity contribution >= 4 is 5.91 Å². The van der Waals surface area contributed by atoms with E-state index >= 15 is 0 Å². The average Bonchev–Trinajstić information content (AvgIpc) is 2.53. The number of rotatable bonds is 3. The van der Waals surface area contributed by atoms with Gasteiger partial charge in [0.1, 0.15) is 5.82 Å². The van der Waals surface area contributed by atoms with E-state index in [9.17, 15) is 9.18 Å². The van der Waals surface area contributed by atoms with Crippen molar-refractivity contribution in [1.29, 1.82) is 0 Å². The van der Waals surface area contributed by atoms with Gasteiger partial charge in [-0.25, -0.2) is 4.39 Å². The average molecular weight is 308 g/mol. The predicted molar refractivity (Wildman–Crippen MR) is 89.7 cm³/mol. The molecule has 0 spiro atoms. The summed E-state index contributed by atoms with van der Waals surface area (Å²) in [6.07, 6.45) is 2.20. The Morgan fingerprint density at radius 2 is 1.91 bits per heavy atom. The van der Waals surface area contributed by atoms with Crippen LogP contribution in [-0.4, -0.2) is 49.4 Å². The number of piperidine rings is 1. The molecular weight excluding hydrogens is 279 g/mol. The summed E-state index contributed by atoms with van der Waals surface area (Å²) >= 11 is 0. The van der Waals surface area contributed by atoms with Crippen LogP contribution in [0, 0.1) is 18.7 Å². The molecule has 1 amide bonds. The first-order valence-corrected chi connectivity index (χ1v) is 8.17. The number of amides is 1. The van der Waals surface area contributed by atoms with Crippen LogP contribution in [0.1, 0.15) is 42.6 Å². The van der Waals surface area contributed by atoms with E-state index in [-0.39, 0.29) is 11.5 Å². The Morgan fingerprint density at radius 1 is 1.32 bits per heavy atom. The minimum absolute atomic E-state index is 0.181. The molecule has 1 aliphatic rings. The molecule has 0 bridgehead atoms. The molecule has 1 saturated heterocycles. The predicted octanol–water partition coefficient (Wildman–Crippen LogP) is 3.57. The van der Waals surface area contributed by atoms with E-state index in [2.05, 4.69) is 11.9 Å². The third kappa shape index (κ3) is 5.09. The molecule has 0 aliphatic carbocycles. The summed E-state index contributed by atoms with van der Waals surface area (Å²) in [6.45, 7) is 8.73. The van der Waals surface area contributed by atoms with Gasteiger partial charge in [0.15, 0.2) is 0 Å². The SMILES string of the molecule is CC.Cc1ccc(F)c(C(=O)N(C)CC2CCN(C)CC2)c1. The fourth-order valence-corrected chi connectivity index (χ4v) is 2.72.